The summed E-state index contributed by atoms with van der Waals surface area (Å²) in [6, 6.07) is 7.55. The normalized spacial score (nSPS) is 12.2. The largest absolute Gasteiger partial charge is 0.353 e. The van der Waals surface area contributed by atoms with Gasteiger partial charge in [-0.3, -0.25) is 4.79 Å². The number of carbonyl (C=O) groups is 1. The van der Waals surface area contributed by atoms with Crippen LogP contribution in [0, 0.1) is 0 Å². The lowest BCUT2D eigenvalue weighted by atomic mass is 10.1. The SMILES string of the molecule is CCC(CCCl)NC(=O)Cc1ccccc1Cl. The summed E-state index contributed by atoms with van der Waals surface area (Å²) in [5.74, 6) is 0.556. The highest BCUT2D eigenvalue weighted by Crippen LogP contribution is 2.15. The second kappa shape index (κ2) is 7.57. The van der Waals surface area contributed by atoms with Gasteiger partial charge in [-0.2, -0.15) is 0 Å². The van der Waals surface area contributed by atoms with Crippen LogP contribution in [0.3, 0.4) is 0 Å². The summed E-state index contributed by atoms with van der Waals surface area (Å²) in [5, 5.41) is 3.59. The zero-order valence-corrected chi connectivity index (χ0v) is 11.4. The number of alkyl halides is 1. The molecular formula is C13H17Cl2NO. The van der Waals surface area contributed by atoms with Gasteiger partial charge < -0.3 is 5.32 Å². The summed E-state index contributed by atoms with van der Waals surface area (Å²) in [6.07, 6.45) is 2.01. The van der Waals surface area contributed by atoms with Crippen LogP contribution in [0.1, 0.15) is 25.3 Å². The quantitative estimate of drug-likeness (QED) is 0.791. The maximum atomic E-state index is 11.8. The molecule has 4 heteroatoms. The highest BCUT2D eigenvalue weighted by Gasteiger charge is 2.11. The van der Waals surface area contributed by atoms with Crippen molar-refractivity contribution in [1.29, 1.82) is 0 Å². The van der Waals surface area contributed by atoms with Crippen molar-refractivity contribution in [3.05, 3.63) is 34.9 Å². The van der Waals surface area contributed by atoms with Crippen molar-refractivity contribution < 1.29 is 4.79 Å². The van der Waals surface area contributed by atoms with E-state index >= 15 is 0 Å². The summed E-state index contributed by atoms with van der Waals surface area (Å²) < 4.78 is 0. The van der Waals surface area contributed by atoms with Crippen LogP contribution in [-0.4, -0.2) is 17.8 Å². The molecule has 2 nitrogen and oxygen atoms in total. The number of benzene rings is 1. The molecule has 0 fully saturated rings. The molecule has 1 N–H and O–H groups in total. The molecule has 0 radical (unpaired) electrons. The molecule has 0 saturated heterocycles. The number of amides is 1. The zero-order chi connectivity index (χ0) is 12.7. The molecule has 1 aromatic rings. The first-order valence-electron chi connectivity index (χ1n) is 5.76. The van der Waals surface area contributed by atoms with E-state index < -0.39 is 0 Å². The highest BCUT2D eigenvalue weighted by atomic mass is 35.5. The number of hydrogen-bond donors (Lipinski definition) is 1. The molecule has 1 aromatic carbocycles. The van der Waals surface area contributed by atoms with Crippen LogP contribution in [0.2, 0.25) is 5.02 Å². The molecule has 1 atom stereocenters. The van der Waals surface area contributed by atoms with Crippen molar-refractivity contribution in [1.82, 2.24) is 5.32 Å². The van der Waals surface area contributed by atoms with Crippen LogP contribution in [-0.2, 0) is 11.2 Å². The maximum absolute atomic E-state index is 11.8. The fourth-order valence-electron chi connectivity index (χ4n) is 1.60. The highest BCUT2D eigenvalue weighted by molar-refractivity contribution is 6.31. The average Bonchev–Trinajstić information content (AvgIpc) is 2.31. The van der Waals surface area contributed by atoms with E-state index in [1.807, 2.05) is 25.1 Å². The summed E-state index contributed by atoms with van der Waals surface area (Å²) >= 11 is 11.7. The standard InChI is InChI=1S/C13H17Cl2NO/c1-2-11(7-8-14)16-13(17)9-10-5-3-4-6-12(10)15/h3-6,11H,2,7-9H2,1H3,(H,16,17). The molecule has 0 heterocycles. The first-order valence-corrected chi connectivity index (χ1v) is 6.67. The third kappa shape index (κ3) is 4.97. The average molecular weight is 274 g/mol. The smallest absolute Gasteiger partial charge is 0.224 e. The molecule has 94 valence electrons. The van der Waals surface area contributed by atoms with Gasteiger partial charge in [0.2, 0.25) is 5.91 Å². The van der Waals surface area contributed by atoms with Crippen LogP contribution < -0.4 is 5.32 Å². The minimum Gasteiger partial charge on any atom is -0.353 e. The Kier molecular flexibility index (Phi) is 6.38. The van der Waals surface area contributed by atoms with Gasteiger partial charge in [0.25, 0.3) is 0 Å². The second-order valence-corrected chi connectivity index (χ2v) is 4.70. The summed E-state index contributed by atoms with van der Waals surface area (Å²) in [4.78, 5) is 11.8. The van der Waals surface area contributed by atoms with Crippen molar-refractivity contribution in [2.24, 2.45) is 0 Å². The minimum absolute atomic E-state index is 0.00457. The van der Waals surface area contributed by atoms with Crippen molar-refractivity contribution in [3.8, 4) is 0 Å². The Morgan fingerprint density at radius 2 is 2.12 bits per heavy atom. The third-order valence-corrected chi connectivity index (χ3v) is 3.21. The Morgan fingerprint density at radius 1 is 1.41 bits per heavy atom. The molecule has 0 bridgehead atoms. The fraction of sp³-hybridized carbons (Fsp3) is 0.462. The molecule has 1 unspecified atom stereocenters. The molecule has 0 aliphatic rings. The van der Waals surface area contributed by atoms with E-state index in [0.29, 0.717) is 17.3 Å². The first kappa shape index (κ1) is 14.3. The van der Waals surface area contributed by atoms with Gasteiger partial charge in [-0.1, -0.05) is 36.7 Å². The Balaban J connectivity index is 2.52. The Hall–Kier alpha value is -0.730. The van der Waals surface area contributed by atoms with Crippen LogP contribution in [0.4, 0.5) is 0 Å². The Labute approximate surface area is 112 Å². The van der Waals surface area contributed by atoms with Crippen LogP contribution in [0.15, 0.2) is 24.3 Å². The van der Waals surface area contributed by atoms with Gasteiger partial charge in [0.15, 0.2) is 0 Å². The number of rotatable bonds is 6. The van der Waals surface area contributed by atoms with E-state index in [0.717, 1.165) is 18.4 Å². The molecule has 0 aromatic heterocycles. The van der Waals surface area contributed by atoms with E-state index in [-0.39, 0.29) is 11.9 Å². The second-order valence-electron chi connectivity index (χ2n) is 3.92. The van der Waals surface area contributed by atoms with Crippen LogP contribution in [0.25, 0.3) is 0 Å². The van der Waals surface area contributed by atoms with Gasteiger partial charge >= 0.3 is 0 Å². The van der Waals surface area contributed by atoms with E-state index in [9.17, 15) is 4.79 Å². The predicted octanol–water partition coefficient (Wildman–Crippen LogP) is 3.41. The van der Waals surface area contributed by atoms with Gasteiger partial charge in [0, 0.05) is 16.9 Å². The topological polar surface area (TPSA) is 29.1 Å². The van der Waals surface area contributed by atoms with Crippen LogP contribution >= 0.6 is 23.2 Å². The zero-order valence-electron chi connectivity index (χ0n) is 9.88. The number of nitrogens with one attached hydrogen (secondary N) is 1. The van der Waals surface area contributed by atoms with Gasteiger partial charge in [0.1, 0.15) is 0 Å². The molecule has 0 spiro atoms. The number of hydrogen-bond acceptors (Lipinski definition) is 1. The van der Waals surface area contributed by atoms with Crippen molar-refractivity contribution >= 4 is 29.1 Å². The summed E-state index contributed by atoms with van der Waals surface area (Å²) in [6.45, 7) is 2.03. The lowest BCUT2D eigenvalue weighted by molar-refractivity contribution is -0.121. The van der Waals surface area contributed by atoms with Gasteiger partial charge in [-0.15, -0.1) is 11.6 Å². The Bertz CT molecular complexity index is 368. The fourth-order valence-corrected chi connectivity index (χ4v) is 2.07. The molecule has 1 rings (SSSR count). The predicted molar refractivity (Wildman–Crippen MR) is 72.7 cm³/mol. The van der Waals surface area contributed by atoms with Crippen LogP contribution in [0.5, 0.6) is 0 Å². The first-order chi connectivity index (χ1) is 8.17. The van der Waals surface area contributed by atoms with Crippen molar-refractivity contribution in [3.63, 3.8) is 0 Å². The molecule has 1 amide bonds. The molecule has 0 aliphatic carbocycles. The van der Waals surface area contributed by atoms with Gasteiger partial charge in [-0.05, 0) is 24.5 Å². The van der Waals surface area contributed by atoms with Gasteiger partial charge in [-0.25, -0.2) is 0 Å². The summed E-state index contributed by atoms with van der Waals surface area (Å²) in [7, 11) is 0. The lowest BCUT2D eigenvalue weighted by Gasteiger charge is -2.15. The van der Waals surface area contributed by atoms with Crippen molar-refractivity contribution in [2.45, 2.75) is 32.2 Å². The Morgan fingerprint density at radius 3 is 2.71 bits per heavy atom. The lowest BCUT2D eigenvalue weighted by Crippen LogP contribution is -2.35. The van der Waals surface area contributed by atoms with Gasteiger partial charge in [0.05, 0.1) is 6.42 Å². The molecule has 17 heavy (non-hydrogen) atoms. The number of carbonyl (C=O) groups excluding carboxylic acids is 1. The monoisotopic (exact) mass is 273 g/mol. The summed E-state index contributed by atoms with van der Waals surface area (Å²) in [5.41, 5.74) is 0.854. The van der Waals surface area contributed by atoms with E-state index in [1.165, 1.54) is 0 Å². The van der Waals surface area contributed by atoms with E-state index in [1.54, 1.807) is 6.07 Å². The molecule has 0 saturated carbocycles. The van der Waals surface area contributed by atoms with E-state index in [4.69, 9.17) is 23.2 Å². The third-order valence-electron chi connectivity index (χ3n) is 2.62. The molecule has 0 aliphatic heterocycles. The molecular weight excluding hydrogens is 257 g/mol. The van der Waals surface area contributed by atoms with E-state index in [2.05, 4.69) is 5.32 Å². The maximum Gasteiger partial charge on any atom is 0.224 e. The van der Waals surface area contributed by atoms with Crippen molar-refractivity contribution in [2.75, 3.05) is 5.88 Å². The minimum atomic E-state index is -0.00457. The number of halogens is 2.